The molecule has 0 unspecified atom stereocenters. The summed E-state index contributed by atoms with van der Waals surface area (Å²) >= 11 is 1.21. The average molecular weight is 434 g/mol. The third-order valence-corrected chi connectivity index (χ3v) is 5.94. The lowest BCUT2D eigenvalue weighted by Gasteiger charge is -2.18. The first-order valence-corrected chi connectivity index (χ1v) is 10.9. The van der Waals surface area contributed by atoms with Gasteiger partial charge in [0.05, 0.1) is 17.6 Å². The van der Waals surface area contributed by atoms with E-state index in [1.54, 1.807) is 16.6 Å². The highest BCUT2D eigenvalue weighted by atomic mass is 32.2. The summed E-state index contributed by atoms with van der Waals surface area (Å²) in [4.78, 5) is 34.1. The molecule has 0 atom stereocenters. The molecule has 0 aliphatic rings. The summed E-state index contributed by atoms with van der Waals surface area (Å²) in [7, 11) is 1.78. The van der Waals surface area contributed by atoms with Gasteiger partial charge in [-0.3, -0.25) is 9.59 Å². The molecule has 2 heterocycles. The first-order chi connectivity index (χ1) is 14.9. The molecule has 31 heavy (non-hydrogen) atoms. The van der Waals surface area contributed by atoms with Gasteiger partial charge < -0.3 is 9.88 Å². The van der Waals surface area contributed by atoms with E-state index in [9.17, 15) is 9.59 Å². The molecule has 2 aromatic carbocycles. The second-order valence-corrected chi connectivity index (χ2v) is 8.43. The lowest BCUT2D eigenvalue weighted by molar-refractivity contribution is -0.127. The van der Waals surface area contributed by atoms with Gasteiger partial charge in [0.25, 0.3) is 5.56 Å². The lowest BCUT2D eigenvalue weighted by atomic mass is 10.1. The Morgan fingerprint density at radius 1 is 1.16 bits per heavy atom. The van der Waals surface area contributed by atoms with Crippen molar-refractivity contribution in [3.05, 3.63) is 81.8 Å². The number of nitrogens with zero attached hydrogens (tertiary/aromatic N) is 4. The Morgan fingerprint density at radius 2 is 1.94 bits per heavy atom. The molecule has 0 fully saturated rings. The van der Waals surface area contributed by atoms with Crippen molar-refractivity contribution in [2.24, 2.45) is 0 Å². The number of hydrogen-bond donors (Lipinski definition) is 1. The number of aromatic amines is 1. The molecular weight excluding hydrogens is 410 g/mol. The summed E-state index contributed by atoms with van der Waals surface area (Å²) in [6.07, 6.45) is 1.51. The molecule has 4 rings (SSSR count). The van der Waals surface area contributed by atoms with Crippen LogP contribution in [0.1, 0.15) is 16.7 Å². The molecule has 0 spiro atoms. The van der Waals surface area contributed by atoms with Crippen LogP contribution < -0.4 is 5.56 Å². The van der Waals surface area contributed by atoms with Crippen molar-refractivity contribution >= 4 is 28.7 Å². The molecule has 1 N–H and O–H groups in total. The van der Waals surface area contributed by atoms with Gasteiger partial charge in [0, 0.05) is 13.6 Å². The molecule has 0 saturated heterocycles. The van der Waals surface area contributed by atoms with E-state index in [0.717, 1.165) is 16.8 Å². The van der Waals surface area contributed by atoms with Gasteiger partial charge in [-0.05, 0) is 37.1 Å². The summed E-state index contributed by atoms with van der Waals surface area (Å²) in [5.74, 6) is 0.138. The van der Waals surface area contributed by atoms with Crippen LogP contribution in [0.5, 0.6) is 0 Å². The first-order valence-electron chi connectivity index (χ1n) is 9.89. The Balaban J connectivity index is 1.49. The minimum absolute atomic E-state index is 0.0377. The van der Waals surface area contributed by atoms with Gasteiger partial charge in [-0.25, -0.2) is 9.67 Å². The average Bonchev–Trinajstić information content (AvgIpc) is 3.19. The second kappa shape index (κ2) is 8.77. The van der Waals surface area contributed by atoms with Crippen molar-refractivity contribution in [1.82, 2.24) is 24.6 Å². The van der Waals surface area contributed by atoms with Crippen LogP contribution in [0.25, 0.3) is 16.7 Å². The van der Waals surface area contributed by atoms with Crippen LogP contribution in [0.3, 0.4) is 0 Å². The van der Waals surface area contributed by atoms with Crippen LogP contribution in [-0.4, -0.2) is 43.4 Å². The van der Waals surface area contributed by atoms with E-state index in [4.69, 9.17) is 0 Å². The van der Waals surface area contributed by atoms with Gasteiger partial charge in [-0.15, -0.1) is 0 Å². The molecule has 0 bridgehead atoms. The predicted molar refractivity (Wildman–Crippen MR) is 123 cm³/mol. The number of aromatic nitrogens is 4. The molecule has 1 amide bonds. The number of nitrogens with one attached hydrogen (secondary N) is 1. The van der Waals surface area contributed by atoms with Gasteiger partial charge in [0.1, 0.15) is 5.39 Å². The number of fused-ring (bicyclic) bond motifs is 1. The fourth-order valence-electron chi connectivity index (χ4n) is 3.33. The van der Waals surface area contributed by atoms with E-state index in [0.29, 0.717) is 22.7 Å². The number of carbonyl (C=O) groups is 1. The standard InChI is InChI=1S/C23H23N5O2S/c1-15-9-10-17(16(2)11-15)13-27(3)20(29)14-31-23-25-21-19(22(30)26-23)12-24-28(21)18-7-5-4-6-8-18/h4-12H,13-14H2,1-3H3,(H,25,26,30). The van der Waals surface area contributed by atoms with Crippen molar-refractivity contribution in [3.63, 3.8) is 0 Å². The maximum atomic E-state index is 12.7. The third-order valence-electron chi connectivity index (χ3n) is 5.08. The van der Waals surface area contributed by atoms with Crippen LogP contribution >= 0.6 is 11.8 Å². The first kappa shape index (κ1) is 20.9. The Labute approximate surface area is 184 Å². The van der Waals surface area contributed by atoms with Crippen LogP contribution in [0.4, 0.5) is 0 Å². The van der Waals surface area contributed by atoms with E-state index < -0.39 is 0 Å². The molecule has 7 nitrogen and oxygen atoms in total. The zero-order valence-electron chi connectivity index (χ0n) is 17.6. The highest BCUT2D eigenvalue weighted by Gasteiger charge is 2.15. The lowest BCUT2D eigenvalue weighted by Crippen LogP contribution is -2.28. The zero-order valence-corrected chi connectivity index (χ0v) is 18.4. The molecule has 0 radical (unpaired) electrons. The van der Waals surface area contributed by atoms with Crippen LogP contribution in [0.15, 0.2) is 64.7 Å². The minimum Gasteiger partial charge on any atom is -0.341 e. The fourth-order valence-corrected chi connectivity index (χ4v) is 4.13. The number of thioether (sulfide) groups is 1. The molecule has 2 aromatic heterocycles. The minimum atomic E-state index is -0.272. The number of amides is 1. The van der Waals surface area contributed by atoms with Crippen molar-refractivity contribution in [2.75, 3.05) is 12.8 Å². The SMILES string of the molecule is Cc1ccc(CN(C)C(=O)CSc2nc3c(cnn3-c3ccccc3)c(=O)[nH]2)c(C)c1. The van der Waals surface area contributed by atoms with Gasteiger partial charge in [-0.2, -0.15) is 5.10 Å². The topological polar surface area (TPSA) is 83.9 Å². The number of benzene rings is 2. The van der Waals surface area contributed by atoms with Crippen molar-refractivity contribution < 1.29 is 4.79 Å². The summed E-state index contributed by atoms with van der Waals surface area (Å²) in [5.41, 5.74) is 4.49. The molecule has 8 heteroatoms. The number of rotatable bonds is 6. The molecule has 0 aliphatic heterocycles. The van der Waals surface area contributed by atoms with E-state index >= 15 is 0 Å². The van der Waals surface area contributed by atoms with Crippen molar-refractivity contribution in [2.45, 2.75) is 25.5 Å². The summed E-state index contributed by atoms with van der Waals surface area (Å²) < 4.78 is 1.63. The molecular formula is C23H23N5O2S. The second-order valence-electron chi connectivity index (χ2n) is 7.47. The zero-order chi connectivity index (χ0) is 22.0. The maximum Gasteiger partial charge on any atom is 0.262 e. The molecule has 0 aliphatic carbocycles. The third kappa shape index (κ3) is 4.54. The predicted octanol–water partition coefficient (Wildman–Crippen LogP) is 3.48. The molecule has 0 saturated carbocycles. The number of H-pyrrole nitrogens is 1. The van der Waals surface area contributed by atoms with E-state index in [1.807, 2.05) is 30.3 Å². The van der Waals surface area contributed by atoms with Crippen LogP contribution in [0.2, 0.25) is 0 Å². The normalized spacial score (nSPS) is 11.1. The Kier molecular flexibility index (Phi) is 5.90. The molecule has 4 aromatic rings. The van der Waals surface area contributed by atoms with E-state index in [2.05, 4.69) is 47.1 Å². The van der Waals surface area contributed by atoms with Crippen LogP contribution in [-0.2, 0) is 11.3 Å². The largest absolute Gasteiger partial charge is 0.341 e. The van der Waals surface area contributed by atoms with Crippen LogP contribution in [0, 0.1) is 13.8 Å². The number of aryl methyl sites for hydroxylation is 2. The summed E-state index contributed by atoms with van der Waals surface area (Å²) in [6, 6.07) is 15.7. The number of para-hydroxylation sites is 1. The van der Waals surface area contributed by atoms with E-state index in [-0.39, 0.29) is 17.2 Å². The Bertz CT molecular complexity index is 1300. The quantitative estimate of drug-likeness (QED) is 0.372. The summed E-state index contributed by atoms with van der Waals surface area (Å²) in [6.45, 7) is 4.64. The monoisotopic (exact) mass is 433 g/mol. The Morgan fingerprint density at radius 3 is 2.68 bits per heavy atom. The highest BCUT2D eigenvalue weighted by molar-refractivity contribution is 7.99. The van der Waals surface area contributed by atoms with Crippen molar-refractivity contribution in [3.8, 4) is 5.69 Å². The Hall–Kier alpha value is -3.39. The van der Waals surface area contributed by atoms with Gasteiger partial charge in [0.2, 0.25) is 5.91 Å². The fraction of sp³-hybridized carbons (Fsp3) is 0.217. The number of hydrogen-bond acceptors (Lipinski definition) is 5. The van der Waals surface area contributed by atoms with E-state index in [1.165, 1.54) is 23.5 Å². The smallest absolute Gasteiger partial charge is 0.262 e. The molecule has 158 valence electrons. The van der Waals surface area contributed by atoms with Gasteiger partial charge in [-0.1, -0.05) is 53.7 Å². The van der Waals surface area contributed by atoms with Gasteiger partial charge in [0.15, 0.2) is 10.8 Å². The highest BCUT2D eigenvalue weighted by Crippen LogP contribution is 2.19. The maximum absolute atomic E-state index is 12.7. The van der Waals surface area contributed by atoms with Crippen molar-refractivity contribution in [1.29, 1.82) is 0 Å². The number of carbonyl (C=O) groups excluding carboxylic acids is 1. The van der Waals surface area contributed by atoms with Gasteiger partial charge >= 0.3 is 0 Å². The summed E-state index contributed by atoms with van der Waals surface area (Å²) in [5, 5.41) is 5.10.